The highest BCUT2D eigenvalue weighted by Gasteiger charge is 2.16. The predicted octanol–water partition coefficient (Wildman–Crippen LogP) is 1.32. The summed E-state index contributed by atoms with van der Waals surface area (Å²) in [6.07, 6.45) is 0. The Balaban J connectivity index is 2.64. The van der Waals surface area contributed by atoms with E-state index in [-0.39, 0.29) is 11.4 Å². The molecule has 0 unspecified atom stereocenters. The lowest BCUT2D eigenvalue weighted by Gasteiger charge is -1.93. The average Bonchev–Trinajstić information content (AvgIpc) is 2.59. The third kappa shape index (κ3) is 1.19. The summed E-state index contributed by atoms with van der Waals surface area (Å²) >= 11 is 0. The summed E-state index contributed by atoms with van der Waals surface area (Å²) in [4.78, 5) is 11.2. The molecule has 0 saturated carbocycles. The molecule has 5 heteroatoms. The first-order valence-electron chi connectivity index (χ1n) is 3.89. The quantitative estimate of drug-likeness (QED) is 0.691. The summed E-state index contributed by atoms with van der Waals surface area (Å²) in [5.74, 6) is -0.500. The summed E-state index contributed by atoms with van der Waals surface area (Å²) < 4.78 is 9.35. The summed E-state index contributed by atoms with van der Waals surface area (Å²) in [5.41, 5.74) is 0.466. The Morgan fingerprint density at radius 3 is 3.07 bits per heavy atom. The molecule has 1 aromatic heterocycles. The molecular formula is C9H7NO4. The van der Waals surface area contributed by atoms with E-state index in [9.17, 15) is 4.79 Å². The molecule has 0 amide bonds. The van der Waals surface area contributed by atoms with Gasteiger partial charge in [0.25, 0.3) is 0 Å². The van der Waals surface area contributed by atoms with Crippen LogP contribution in [-0.4, -0.2) is 23.3 Å². The van der Waals surface area contributed by atoms with Gasteiger partial charge in [-0.15, -0.1) is 0 Å². The molecule has 2 aromatic rings. The van der Waals surface area contributed by atoms with Gasteiger partial charge in [-0.2, -0.15) is 0 Å². The number of ether oxygens (including phenoxy) is 1. The van der Waals surface area contributed by atoms with E-state index < -0.39 is 5.97 Å². The molecular weight excluding hydrogens is 186 g/mol. The van der Waals surface area contributed by atoms with Crippen LogP contribution in [-0.2, 0) is 4.74 Å². The lowest BCUT2D eigenvalue weighted by molar-refractivity contribution is 0.0591. The smallest absolute Gasteiger partial charge is 0.360 e. The second-order valence-corrected chi connectivity index (χ2v) is 2.70. The lowest BCUT2D eigenvalue weighted by Crippen LogP contribution is -2.01. The van der Waals surface area contributed by atoms with E-state index in [4.69, 9.17) is 9.63 Å². The Bertz CT molecular complexity index is 489. The average molecular weight is 193 g/mol. The van der Waals surface area contributed by atoms with Gasteiger partial charge in [0.1, 0.15) is 5.75 Å². The first-order chi connectivity index (χ1) is 6.72. The van der Waals surface area contributed by atoms with E-state index in [0.29, 0.717) is 11.0 Å². The van der Waals surface area contributed by atoms with Gasteiger partial charge >= 0.3 is 5.97 Å². The minimum absolute atomic E-state index is 0.0602. The van der Waals surface area contributed by atoms with Crippen molar-refractivity contribution in [3.05, 3.63) is 23.9 Å². The monoisotopic (exact) mass is 193 g/mol. The van der Waals surface area contributed by atoms with Crippen molar-refractivity contribution in [2.75, 3.05) is 7.11 Å². The molecule has 0 spiro atoms. The van der Waals surface area contributed by atoms with Crippen LogP contribution in [0.2, 0.25) is 0 Å². The van der Waals surface area contributed by atoms with Crippen LogP contribution < -0.4 is 0 Å². The van der Waals surface area contributed by atoms with Gasteiger partial charge in [-0.1, -0.05) is 5.16 Å². The molecule has 0 saturated heterocycles. The van der Waals surface area contributed by atoms with Crippen LogP contribution in [0.4, 0.5) is 0 Å². The third-order valence-electron chi connectivity index (χ3n) is 1.83. The van der Waals surface area contributed by atoms with Crippen LogP contribution >= 0.6 is 0 Å². The van der Waals surface area contributed by atoms with E-state index in [0.717, 1.165) is 0 Å². The number of nitrogens with zero attached hydrogens (tertiary/aromatic N) is 1. The maximum Gasteiger partial charge on any atom is 0.360 e. The van der Waals surface area contributed by atoms with Gasteiger partial charge in [0.15, 0.2) is 11.3 Å². The molecule has 5 nitrogen and oxygen atoms in total. The highest BCUT2D eigenvalue weighted by molar-refractivity contribution is 6.01. The molecule has 0 atom stereocenters. The topological polar surface area (TPSA) is 72.6 Å². The van der Waals surface area contributed by atoms with Gasteiger partial charge in [0.05, 0.1) is 12.5 Å². The highest BCUT2D eigenvalue weighted by Crippen LogP contribution is 2.22. The molecule has 0 bridgehead atoms. The second-order valence-electron chi connectivity index (χ2n) is 2.70. The number of fused-ring (bicyclic) bond motifs is 1. The van der Waals surface area contributed by atoms with Crippen LogP contribution in [0.1, 0.15) is 10.5 Å². The fourth-order valence-electron chi connectivity index (χ4n) is 1.17. The number of hydrogen-bond donors (Lipinski definition) is 1. The molecule has 1 aromatic carbocycles. The number of benzene rings is 1. The summed E-state index contributed by atoms with van der Waals surface area (Å²) in [6.45, 7) is 0. The van der Waals surface area contributed by atoms with Crippen molar-refractivity contribution in [3.63, 3.8) is 0 Å². The maximum atomic E-state index is 11.2. The Morgan fingerprint density at radius 2 is 2.36 bits per heavy atom. The zero-order valence-electron chi connectivity index (χ0n) is 7.35. The van der Waals surface area contributed by atoms with Gasteiger partial charge in [-0.3, -0.25) is 0 Å². The van der Waals surface area contributed by atoms with Crippen molar-refractivity contribution in [3.8, 4) is 5.75 Å². The van der Waals surface area contributed by atoms with Crippen LogP contribution in [0.25, 0.3) is 11.0 Å². The van der Waals surface area contributed by atoms with Gasteiger partial charge in [0.2, 0.25) is 0 Å². The molecule has 1 heterocycles. The molecule has 2 rings (SSSR count). The number of aromatic nitrogens is 1. The highest BCUT2D eigenvalue weighted by atomic mass is 16.5. The number of aromatic hydroxyl groups is 1. The Labute approximate surface area is 78.9 Å². The van der Waals surface area contributed by atoms with Crippen molar-refractivity contribution in [2.24, 2.45) is 0 Å². The minimum atomic E-state index is -0.561. The predicted molar refractivity (Wildman–Crippen MR) is 47.0 cm³/mol. The normalized spacial score (nSPS) is 10.4. The van der Waals surface area contributed by atoms with Crippen molar-refractivity contribution in [1.29, 1.82) is 0 Å². The Morgan fingerprint density at radius 1 is 1.57 bits per heavy atom. The van der Waals surface area contributed by atoms with E-state index in [1.54, 1.807) is 6.07 Å². The fraction of sp³-hybridized carbons (Fsp3) is 0.111. The Kier molecular flexibility index (Phi) is 1.85. The van der Waals surface area contributed by atoms with Crippen molar-refractivity contribution >= 4 is 16.9 Å². The molecule has 0 fully saturated rings. The zero-order chi connectivity index (χ0) is 10.1. The minimum Gasteiger partial charge on any atom is -0.508 e. The van der Waals surface area contributed by atoms with Crippen LogP contribution in [0, 0.1) is 0 Å². The van der Waals surface area contributed by atoms with Crippen LogP contribution in [0.3, 0.4) is 0 Å². The summed E-state index contributed by atoms with van der Waals surface area (Å²) in [7, 11) is 1.27. The number of rotatable bonds is 1. The Hall–Kier alpha value is -2.04. The van der Waals surface area contributed by atoms with Gasteiger partial charge in [-0.05, 0) is 12.1 Å². The number of carbonyl (C=O) groups is 1. The number of hydrogen-bond acceptors (Lipinski definition) is 5. The van der Waals surface area contributed by atoms with Crippen LogP contribution in [0.15, 0.2) is 22.7 Å². The van der Waals surface area contributed by atoms with E-state index in [2.05, 4.69) is 9.89 Å². The molecule has 72 valence electrons. The van der Waals surface area contributed by atoms with E-state index in [1.807, 2.05) is 0 Å². The number of carbonyl (C=O) groups excluding carboxylic acids is 1. The zero-order valence-corrected chi connectivity index (χ0v) is 7.35. The van der Waals surface area contributed by atoms with E-state index >= 15 is 0 Å². The third-order valence-corrected chi connectivity index (χ3v) is 1.83. The largest absolute Gasteiger partial charge is 0.508 e. The standard InChI is InChI=1S/C9H7NO4/c1-13-9(12)8-6-3-2-5(11)4-7(6)14-10-8/h2-4,11H,1H3. The lowest BCUT2D eigenvalue weighted by atomic mass is 10.2. The van der Waals surface area contributed by atoms with Gasteiger partial charge < -0.3 is 14.4 Å². The first kappa shape index (κ1) is 8.55. The SMILES string of the molecule is COC(=O)c1noc2cc(O)ccc12. The summed E-state index contributed by atoms with van der Waals surface area (Å²) in [6, 6.07) is 4.38. The molecule has 0 aliphatic heterocycles. The number of esters is 1. The maximum absolute atomic E-state index is 11.2. The van der Waals surface area contributed by atoms with Gasteiger partial charge in [0, 0.05) is 6.07 Å². The van der Waals surface area contributed by atoms with Crippen molar-refractivity contribution in [1.82, 2.24) is 5.16 Å². The molecule has 0 radical (unpaired) electrons. The fourth-order valence-corrected chi connectivity index (χ4v) is 1.17. The number of methoxy groups -OCH3 is 1. The van der Waals surface area contributed by atoms with Crippen molar-refractivity contribution in [2.45, 2.75) is 0 Å². The summed E-state index contributed by atoms with van der Waals surface area (Å²) in [5, 5.41) is 13.2. The van der Waals surface area contributed by atoms with E-state index in [1.165, 1.54) is 19.2 Å². The van der Waals surface area contributed by atoms with Crippen LogP contribution in [0.5, 0.6) is 5.75 Å². The second kappa shape index (κ2) is 3.02. The van der Waals surface area contributed by atoms with Gasteiger partial charge in [-0.25, -0.2) is 4.79 Å². The molecule has 1 N–H and O–H groups in total. The first-order valence-corrected chi connectivity index (χ1v) is 3.89. The molecule has 14 heavy (non-hydrogen) atoms. The number of phenolic OH excluding ortho intramolecular Hbond substituents is 1. The molecule has 0 aliphatic carbocycles. The van der Waals surface area contributed by atoms with Crippen molar-refractivity contribution < 1.29 is 19.2 Å². The molecule has 0 aliphatic rings. The number of phenols is 1.